The molecule has 0 aromatic carbocycles. The maximum atomic E-state index is 14.5. The van der Waals surface area contributed by atoms with E-state index in [1.54, 1.807) is 4.90 Å². The molecule has 2 aromatic rings. The number of nitrogens with zero attached hydrogens (tertiary/aromatic N) is 5. The Bertz CT molecular complexity index is 1020. The van der Waals surface area contributed by atoms with Crippen LogP contribution >= 0.6 is 23.2 Å². The SMILES string of the molecule is CCO[C@H]1C[C@H]2CN(c3nc(Cl)nc4c(F)c(Cl)ncc34)C[C@@H]1N2C(=O)OC(C)(C)C. The topological polar surface area (TPSA) is 80.7 Å². The van der Waals surface area contributed by atoms with Crippen LogP contribution in [0.2, 0.25) is 10.4 Å². The van der Waals surface area contributed by atoms with Gasteiger partial charge in [0.15, 0.2) is 11.0 Å². The number of amides is 1. The number of ether oxygens (including phenoxy) is 2. The van der Waals surface area contributed by atoms with E-state index in [0.29, 0.717) is 37.3 Å². The van der Waals surface area contributed by atoms with E-state index >= 15 is 0 Å². The van der Waals surface area contributed by atoms with Crippen LogP contribution in [0.3, 0.4) is 0 Å². The fourth-order valence-electron chi connectivity index (χ4n) is 4.31. The van der Waals surface area contributed by atoms with E-state index in [-0.39, 0.29) is 40.2 Å². The molecule has 3 atom stereocenters. The van der Waals surface area contributed by atoms with E-state index in [9.17, 15) is 9.18 Å². The van der Waals surface area contributed by atoms with Crippen LogP contribution in [0.5, 0.6) is 0 Å². The molecule has 11 heteroatoms. The number of halogens is 3. The predicted molar refractivity (Wildman–Crippen MR) is 115 cm³/mol. The molecule has 2 fully saturated rings. The number of carbonyl (C=O) groups is 1. The first-order valence-electron chi connectivity index (χ1n) is 10.1. The van der Waals surface area contributed by atoms with Crippen LogP contribution in [0.25, 0.3) is 10.9 Å². The van der Waals surface area contributed by atoms with Crippen LogP contribution < -0.4 is 4.90 Å². The van der Waals surface area contributed by atoms with Crippen molar-refractivity contribution in [2.45, 2.75) is 57.9 Å². The minimum Gasteiger partial charge on any atom is -0.444 e. The van der Waals surface area contributed by atoms with Gasteiger partial charge in [-0.05, 0) is 45.7 Å². The molecule has 0 N–H and O–H groups in total. The zero-order valence-electron chi connectivity index (χ0n) is 17.7. The van der Waals surface area contributed by atoms with E-state index in [4.69, 9.17) is 32.7 Å². The van der Waals surface area contributed by atoms with Crippen molar-refractivity contribution in [2.24, 2.45) is 0 Å². The quantitative estimate of drug-likeness (QED) is 0.492. The van der Waals surface area contributed by atoms with E-state index in [2.05, 4.69) is 15.0 Å². The van der Waals surface area contributed by atoms with Gasteiger partial charge in [0, 0.05) is 25.9 Å². The van der Waals surface area contributed by atoms with Gasteiger partial charge in [0.05, 0.1) is 23.6 Å². The molecule has 0 radical (unpaired) electrons. The molecule has 168 valence electrons. The van der Waals surface area contributed by atoms with Gasteiger partial charge < -0.3 is 14.4 Å². The van der Waals surface area contributed by atoms with Crippen LogP contribution in [0.1, 0.15) is 34.1 Å². The summed E-state index contributed by atoms with van der Waals surface area (Å²) in [6.07, 6.45) is 1.60. The highest BCUT2D eigenvalue weighted by Crippen LogP contribution is 2.37. The van der Waals surface area contributed by atoms with Gasteiger partial charge in [-0.25, -0.2) is 19.2 Å². The van der Waals surface area contributed by atoms with Gasteiger partial charge in [0.1, 0.15) is 16.9 Å². The number of pyridine rings is 1. The van der Waals surface area contributed by atoms with Crippen molar-refractivity contribution in [2.75, 3.05) is 24.6 Å². The molecule has 4 rings (SSSR count). The van der Waals surface area contributed by atoms with Gasteiger partial charge in [-0.1, -0.05) is 11.6 Å². The van der Waals surface area contributed by atoms with Gasteiger partial charge in [0.2, 0.25) is 5.28 Å². The summed E-state index contributed by atoms with van der Waals surface area (Å²) in [5.41, 5.74) is -0.591. The summed E-state index contributed by atoms with van der Waals surface area (Å²) in [6, 6.07) is -0.401. The first-order valence-corrected chi connectivity index (χ1v) is 10.9. The summed E-state index contributed by atoms with van der Waals surface area (Å²) in [5, 5.41) is 0.0377. The maximum absolute atomic E-state index is 14.5. The predicted octanol–water partition coefficient (Wildman–Crippen LogP) is 4.07. The minimum atomic E-state index is -0.743. The number of anilines is 1. The monoisotopic (exact) mass is 471 g/mol. The average molecular weight is 472 g/mol. The third-order valence-electron chi connectivity index (χ3n) is 5.40. The van der Waals surface area contributed by atoms with E-state index in [0.717, 1.165) is 0 Å². The van der Waals surface area contributed by atoms with Crippen LogP contribution in [0, 0.1) is 5.82 Å². The second-order valence-electron chi connectivity index (χ2n) is 8.68. The third-order valence-corrected chi connectivity index (χ3v) is 5.83. The van der Waals surface area contributed by atoms with Crippen molar-refractivity contribution in [1.29, 1.82) is 0 Å². The van der Waals surface area contributed by atoms with Gasteiger partial charge in [-0.3, -0.25) is 4.90 Å². The molecule has 0 saturated carbocycles. The highest BCUT2D eigenvalue weighted by atomic mass is 35.5. The van der Waals surface area contributed by atoms with Crippen molar-refractivity contribution < 1.29 is 18.7 Å². The van der Waals surface area contributed by atoms with E-state index < -0.39 is 11.4 Å². The Morgan fingerprint density at radius 3 is 2.71 bits per heavy atom. The van der Waals surface area contributed by atoms with Gasteiger partial charge in [0.25, 0.3) is 0 Å². The summed E-state index contributed by atoms with van der Waals surface area (Å²) in [7, 11) is 0. The fourth-order valence-corrected chi connectivity index (χ4v) is 4.61. The molecule has 2 aliphatic rings. The highest BCUT2D eigenvalue weighted by Gasteiger charge is 2.50. The molecule has 2 saturated heterocycles. The first kappa shape index (κ1) is 22.2. The van der Waals surface area contributed by atoms with E-state index in [1.807, 2.05) is 32.6 Å². The second kappa shape index (κ2) is 8.18. The average Bonchev–Trinajstić information content (AvgIpc) is 2.90. The number of carbonyl (C=O) groups excluding carboxylic acids is 1. The van der Waals surface area contributed by atoms with Crippen LogP contribution in [-0.2, 0) is 9.47 Å². The van der Waals surface area contributed by atoms with Crippen molar-refractivity contribution in [3.8, 4) is 0 Å². The second-order valence-corrected chi connectivity index (χ2v) is 9.38. The molecule has 0 spiro atoms. The Morgan fingerprint density at radius 1 is 1.29 bits per heavy atom. The van der Waals surface area contributed by atoms with Crippen molar-refractivity contribution in [1.82, 2.24) is 19.9 Å². The van der Waals surface area contributed by atoms with Crippen molar-refractivity contribution >= 4 is 46.0 Å². The third kappa shape index (κ3) is 4.23. The Hall–Kier alpha value is -1.97. The van der Waals surface area contributed by atoms with Crippen LogP contribution in [-0.4, -0.2) is 69.4 Å². The normalized spacial score (nSPS) is 23.5. The van der Waals surface area contributed by atoms with E-state index in [1.165, 1.54) is 6.20 Å². The summed E-state index contributed by atoms with van der Waals surface area (Å²) < 4.78 is 26.1. The lowest BCUT2D eigenvalue weighted by atomic mass is 10.1. The number of hydrogen-bond acceptors (Lipinski definition) is 7. The summed E-state index contributed by atoms with van der Waals surface area (Å²) in [6.45, 7) is 8.86. The van der Waals surface area contributed by atoms with Gasteiger partial charge >= 0.3 is 6.09 Å². The molecule has 4 heterocycles. The summed E-state index contributed by atoms with van der Waals surface area (Å²) in [5.74, 6) is -0.290. The summed E-state index contributed by atoms with van der Waals surface area (Å²) >= 11 is 11.9. The highest BCUT2D eigenvalue weighted by molar-refractivity contribution is 6.30. The number of hydrogen-bond donors (Lipinski definition) is 0. The molecule has 2 bridgehead atoms. The first-order chi connectivity index (χ1) is 14.6. The number of aromatic nitrogens is 3. The number of rotatable bonds is 3. The Balaban J connectivity index is 1.70. The maximum Gasteiger partial charge on any atom is 0.411 e. The fraction of sp³-hybridized carbons (Fsp3) is 0.600. The largest absolute Gasteiger partial charge is 0.444 e. The molecule has 1 amide bonds. The Kier molecular flexibility index (Phi) is 5.87. The van der Waals surface area contributed by atoms with Crippen molar-refractivity contribution in [3.63, 3.8) is 0 Å². The lowest BCUT2D eigenvalue weighted by molar-refractivity contribution is -0.00328. The van der Waals surface area contributed by atoms with Gasteiger partial charge in [-0.15, -0.1) is 0 Å². The molecular formula is C20H24Cl2FN5O3. The van der Waals surface area contributed by atoms with Crippen molar-refractivity contribution in [3.05, 3.63) is 22.5 Å². The Morgan fingerprint density at radius 2 is 2.03 bits per heavy atom. The summed E-state index contributed by atoms with van der Waals surface area (Å²) in [4.78, 5) is 28.9. The zero-order valence-corrected chi connectivity index (χ0v) is 19.2. The molecular weight excluding hydrogens is 448 g/mol. The van der Waals surface area contributed by atoms with Crippen LogP contribution in [0.15, 0.2) is 6.20 Å². The molecule has 8 nitrogen and oxygen atoms in total. The Labute approximate surface area is 189 Å². The standard InChI is InChI=1S/C20H24Cl2FN5O3/c1-5-30-13-6-10-8-27(9-12(13)28(10)19(29)31-20(2,3)4)17-11-7-24-16(21)14(23)15(11)25-18(22)26-17/h7,10,12-13H,5-6,8-9H2,1-4H3/t10-,12-,13-/m0/s1. The lowest BCUT2D eigenvalue weighted by Gasteiger charge is -2.42. The molecule has 2 aromatic heterocycles. The van der Waals surface area contributed by atoms with Gasteiger partial charge in [-0.2, -0.15) is 4.98 Å². The molecule has 31 heavy (non-hydrogen) atoms. The molecule has 2 aliphatic heterocycles. The lowest BCUT2D eigenvalue weighted by Crippen LogP contribution is -2.58. The number of fused-ring (bicyclic) bond motifs is 3. The number of piperazine rings is 1. The molecule has 0 unspecified atom stereocenters. The smallest absolute Gasteiger partial charge is 0.411 e. The zero-order chi connectivity index (χ0) is 22.5. The molecule has 0 aliphatic carbocycles. The minimum absolute atomic E-state index is 0.0123. The van der Waals surface area contributed by atoms with Crippen LogP contribution in [0.4, 0.5) is 15.0 Å².